The zero-order chi connectivity index (χ0) is 16.3. The first-order valence-corrected chi connectivity index (χ1v) is 7.14. The quantitative estimate of drug-likeness (QED) is 0.677. The summed E-state index contributed by atoms with van der Waals surface area (Å²) in [5, 5.41) is 0. The molecular weight excluding hydrogens is 278 g/mol. The second kappa shape index (κ2) is 6.52. The minimum absolute atomic E-state index is 0.0919. The Kier molecular flexibility index (Phi) is 4.71. The smallest absolute Gasteiger partial charge is 0.203 e. The van der Waals surface area contributed by atoms with E-state index in [0.29, 0.717) is 17.0 Å². The van der Waals surface area contributed by atoms with Gasteiger partial charge in [0, 0.05) is 5.56 Å². The fraction of sp³-hybridized carbons (Fsp3) is 0.278. The molecule has 2 N–H and O–H groups in total. The fourth-order valence-electron chi connectivity index (χ4n) is 2.29. The van der Waals surface area contributed by atoms with E-state index in [2.05, 4.69) is 0 Å². The van der Waals surface area contributed by atoms with Gasteiger partial charge in [-0.05, 0) is 62.2 Å². The van der Waals surface area contributed by atoms with Crippen LogP contribution >= 0.6 is 0 Å². The lowest BCUT2D eigenvalue weighted by molar-refractivity contribution is 0.0819. The van der Waals surface area contributed by atoms with Gasteiger partial charge in [-0.3, -0.25) is 4.79 Å². The van der Waals surface area contributed by atoms with Crippen LogP contribution in [0.1, 0.15) is 28.4 Å². The van der Waals surface area contributed by atoms with Gasteiger partial charge in [0.25, 0.3) is 0 Å². The normalized spacial score (nSPS) is 11.8. The topological polar surface area (TPSA) is 61.5 Å². The highest BCUT2D eigenvalue weighted by molar-refractivity contribution is 5.99. The number of anilines is 1. The molecule has 0 aliphatic rings. The van der Waals surface area contributed by atoms with Crippen molar-refractivity contribution >= 4 is 11.5 Å². The third-order valence-corrected chi connectivity index (χ3v) is 3.52. The molecule has 0 heterocycles. The van der Waals surface area contributed by atoms with Crippen LogP contribution in [-0.4, -0.2) is 19.0 Å². The lowest BCUT2D eigenvalue weighted by atomic mass is 10.0. The highest BCUT2D eigenvalue weighted by atomic mass is 16.5. The van der Waals surface area contributed by atoms with Crippen LogP contribution in [0.25, 0.3) is 0 Å². The highest BCUT2D eigenvalue weighted by Crippen LogP contribution is 2.25. The van der Waals surface area contributed by atoms with Crippen LogP contribution in [0.3, 0.4) is 0 Å². The average molecular weight is 299 g/mol. The van der Waals surface area contributed by atoms with E-state index in [9.17, 15) is 4.79 Å². The lowest BCUT2D eigenvalue weighted by Gasteiger charge is -2.16. The summed E-state index contributed by atoms with van der Waals surface area (Å²) in [5.41, 5.74) is 9.01. The third kappa shape index (κ3) is 3.39. The van der Waals surface area contributed by atoms with E-state index < -0.39 is 6.10 Å². The van der Waals surface area contributed by atoms with E-state index in [1.54, 1.807) is 38.3 Å². The number of carbonyl (C=O) groups excluding carboxylic acids is 1. The maximum absolute atomic E-state index is 12.5. The van der Waals surface area contributed by atoms with Crippen LogP contribution in [0.2, 0.25) is 0 Å². The number of ketones is 1. The molecular formula is C18H21NO3. The molecule has 0 aliphatic heterocycles. The minimum atomic E-state index is -0.613. The maximum Gasteiger partial charge on any atom is 0.203 e. The van der Waals surface area contributed by atoms with Gasteiger partial charge in [0.2, 0.25) is 5.78 Å². The van der Waals surface area contributed by atoms with Gasteiger partial charge in [0.1, 0.15) is 11.5 Å². The van der Waals surface area contributed by atoms with Crippen molar-refractivity contribution in [2.45, 2.75) is 26.9 Å². The number of Topliss-reactive ketones (excluding diaryl/α,β-unsaturated/α-hetero) is 1. The highest BCUT2D eigenvalue weighted by Gasteiger charge is 2.18. The van der Waals surface area contributed by atoms with E-state index in [4.69, 9.17) is 15.2 Å². The number of rotatable bonds is 5. The van der Waals surface area contributed by atoms with Crippen LogP contribution < -0.4 is 15.2 Å². The number of benzene rings is 2. The first-order valence-electron chi connectivity index (χ1n) is 7.14. The summed E-state index contributed by atoms with van der Waals surface area (Å²) >= 11 is 0. The Bertz CT molecular complexity index is 695. The van der Waals surface area contributed by atoms with E-state index in [0.717, 1.165) is 16.9 Å². The van der Waals surface area contributed by atoms with Crippen molar-refractivity contribution < 1.29 is 14.3 Å². The molecule has 4 heteroatoms. The number of ether oxygens (including phenoxy) is 2. The van der Waals surface area contributed by atoms with Crippen LogP contribution in [0.5, 0.6) is 11.5 Å². The number of hydrogen-bond acceptors (Lipinski definition) is 4. The standard InChI is InChI=1S/C18H21NO3/c1-11-5-7-17(15(19)9-11)22-13(3)18(20)14-6-8-16(21-4)12(2)10-14/h5-10,13H,19H2,1-4H3. The van der Waals surface area contributed by atoms with Gasteiger partial charge in [0.15, 0.2) is 6.10 Å². The van der Waals surface area contributed by atoms with Crippen molar-refractivity contribution in [2.75, 3.05) is 12.8 Å². The lowest BCUT2D eigenvalue weighted by Crippen LogP contribution is -2.24. The van der Waals surface area contributed by atoms with Gasteiger partial charge in [0.05, 0.1) is 12.8 Å². The first kappa shape index (κ1) is 15.9. The van der Waals surface area contributed by atoms with Crippen molar-refractivity contribution in [3.8, 4) is 11.5 Å². The number of nitrogens with two attached hydrogens (primary N) is 1. The predicted molar refractivity (Wildman–Crippen MR) is 87.7 cm³/mol. The molecule has 4 nitrogen and oxygen atoms in total. The van der Waals surface area contributed by atoms with E-state index in [1.807, 2.05) is 26.0 Å². The summed E-state index contributed by atoms with van der Waals surface area (Å²) in [7, 11) is 1.61. The van der Waals surface area contributed by atoms with Crippen LogP contribution in [-0.2, 0) is 0 Å². The summed E-state index contributed by atoms with van der Waals surface area (Å²) in [4.78, 5) is 12.5. The van der Waals surface area contributed by atoms with Crippen molar-refractivity contribution in [3.63, 3.8) is 0 Å². The summed E-state index contributed by atoms with van der Waals surface area (Å²) in [6.07, 6.45) is -0.613. The number of carbonyl (C=O) groups is 1. The van der Waals surface area contributed by atoms with Gasteiger partial charge in [-0.25, -0.2) is 0 Å². The van der Waals surface area contributed by atoms with E-state index >= 15 is 0 Å². The second-order valence-electron chi connectivity index (χ2n) is 5.35. The molecule has 0 saturated heterocycles. The molecule has 2 rings (SSSR count). The van der Waals surface area contributed by atoms with Gasteiger partial charge in [-0.2, -0.15) is 0 Å². The van der Waals surface area contributed by atoms with Crippen molar-refractivity contribution in [1.29, 1.82) is 0 Å². The Morgan fingerprint density at radius 1 is 1.09 bits per heavy atom. The second-order valence-corrected chi connectivity index (χ2v) is 5.35. The SMILES string of the molecule is COc1ccc(C(=O)C(C)Oc2ccc(C)cc2N)cc1C. The minimum Gasteiger partial charge on any atom is -0.496 e. The summed E-state index contributed by atoms with van der Waals surface area (Å²) in [6, 6.07) is 10.8. The van der Waals surface area contributed by atoms with Crippen molar-refractivity contribution in [3.05, 3.63) is 53.1 Å². The molecule has 0 radical (unpaired) electrons. The van der Waals surface area contributed by atoms with Gasteiger partial charge in [-0.1, -0.05) is 6.07 Å². The van der Waals surface area contributed by atoms with Crippen LogP contribution in [0.4, 0.5) is 5.69 Å². The largest absolute Gasteiger partial charge is 0.496 e. The molecule has 0 fully saturated rings. The molecule has 0 aromatic heterocycles. The third-order valence-electron chi connectivity index (χ3n) is 3.52. The van der Waals surface area contributed by atoms with Gasteiger partial charge >= 0.3 is 0 Å². The number of methoxy groups -OCH3 is 1. The molecule has 1 atom stereocenters. The predicted octanol–water partition coefficient (Wildman–Crippen LogP) is 3.54. The number of aryl methyl sites for hydroxylation is 2. The van der Waals surface area contributed by atoms with Crippen molar-refractivity contribution in [2.24, 2.45) is 0 Å². The zero-order valence-electron chi connectivity index (χ0n) is 13.3. The Hall–Kier alpha value is -2.49. The molecule has 2 aromatic rings. The summed E-state index contributed by atoms with van der Waals surface area (Å²) in [5.74, 6) is 1.19. The van der Waals surface area contributed by atoms with Gasteiger partial charge < -0.3 is 15.2 Å². The van der Waals surface area contributed by atoms with Crippen LogP contribution in [0.15, 0.2) is 36.4 Å². The molecule has 0 bridgehead atoms. The Morgan fingerprint density at radius 3 is 2.36 bits per heavy atom. The molecule has 2 aromatic carbocycles. The average Bonchev–Trinajstić information content (AvgIpc) is 2.49. The van der Waals surface area contributed by atoms with E-state index in [1.165, 1.54) is 0 Å². The van der Waals surface area contributed by atoms with Crippen LogP contribution in [0, 0.1) is 13.8 Å². The molecule has 22 heavy (non-hydrogen) atoms. The molecule has 1 unspecified atom stereocenters. The summed E-state index contributed by atoms with van der Waals surface area (Å²) in [6.45, 7) is 5.58. The number of nitrogen functional groups attached to an aromatic ring is 1. The molecule has 0 amide bonds. The van der Waals surface area contributed by atoms with E-state index in [-0.39, 0.29) is 5.78 Å². The Labute approximate surface area is 130 Å². The monoisotopic (exact) mass is 299 g/mol. The zero-order valence-corrected chi connectivity index (χ0v) is 13.3. The molecule has 0 saturated carbocycles. The number of hydrogen-bond donors (Lipinski definition) is 1. The fourth-order valence-corrected chi connectivity index (χ4v) is 2.29. The first-order chi connectivity index (χ1) is 10.4. The summed E-state index contributed by atoms with van der Waals surface area (Å²) < 4.78 is 10.9. The Morgan fingerprint density at radius 2 is 1.77 bits per heavy atom. The van der Waals surface area contributed by atoms with Gasteiger partial charge in [-0.15, -0.1) is 0 Å². The molecule has 0 aliphatic carbocycles. The maximum atomic E-state index is 12.5. The molecule has 116 valence electrons. The Balaban J connectivity index is 2.16. The molecule has 0 spiro atoms. The van der Waals surface area contributed by atoms with Crippen molar-refractivity contribution in [1.82, 2.24) is 0 Å².